The fourth-order valence-electron chi connectivity index (χ4n) is 3.95. The van der Waals surface area contributed by atoms with Crippen LogP contribution in [0.4, 0.5) is 26.3 Å². The van der Waals surface area contributed by atoms with E-state index in [-0.39, 0.29) is 24.8 Å². The lowest BCUT2D eigenvalue weighted by molar-refractivity contribution is -0.159. The van der Waals surface area contributed by atoms with Crippen LogP contribution in [0.25, 0.3) is 0 Å². The Kier molecular flexibility index (Phi) is 9.23. The molecule has 0 amide bonds. The zero-order chi connectivity index (χ0) is 27.4. The monoisotopic (exact) mass is 519 g/mol. The lowest BCUT2D eigenvalue weighted by Gasteiger charge is -2.46. The molecule has 1 aliphatic heterocycles. The molecule has 1 aliphatic rings. The van der Waals surface area contributed by atoms with E-state index in [2.05, 4.69) is 11.9 Å². The van der Waals surface area contributed by atoms with Gasteiger partial charge >= 0.3 is 18.3 Å². The maximum atomic E-state index is 13.3. The van der Waals surface area contributed by atoms with Crippen LogP contribution in [0.3, 0.4) is 0 Å². The van der Waals surface area contributed by atoms with Gasteiger partial charge in [-0.2, -0.15) is 26.3 Å². The summed E-state index contributed by atoms with van der Waals surface area (Å²) in [6, 6.07) is 1.42. The molecule has 0 bridgehead atoms. The van der Waals surface area contributed by atoms with Crippen molar-refractivity contribution >= 4 is 5.97 Å². The number of ether oxygens (including phenoxy) is 2. The van der Waals surface area contributed by atoms with E-state index in [1.807, 2.05) is 13.0 Å². The number of alkyl halides is 6. The molecule has 36 heavy (non-hydrogen) atoms. The first-order valence-electron chi connectivity index (χ1n) is 11.4. The maximum absolute atomic E-state index is 13.3. The van der Waals surface area contributed by atoms with E-state index < -0.39 is 46.7 Å². The average molecular weight is 520 g/mol. The summed E-state index contributed by atoms with van der Waals surface area (Å²) >= 11 is 0. The van der Waals surface area contributed by atoms with Crippen LogP contribution < -0.4 is 5.32 Å². The highest BCUT2D eigenvalue weighted by molar-refractivity contribution is 5.66. The van der Waals surface area contributed by atoms with E-state index in [0.717, 1.165) is 0 Å². The molecular formula is C26H31F6NO3. The zero-order valence-corrected chi connectivity index (χ0v) is 20.6. The van der Waals surface area contributed by atoms with E-state index in [1.165, 1.54) is 13.8 Å². The van der Waals surface area contributed by atoms with Crippen molar-refractivity contribution in [3.8, 4) is 0 Å². The zero-order valence-electron chi connectivity index (χ0n) is 20.6. The molecular weight excluding hydrogens is 488 g/mol. The molecule has 1 N–H and O–H groups in total. The number of hydrogen-bond donors (Lipinski definition) is 1. The Morgan fingerprint density at radius 2 is 1.69 bits per heavy atom. The van der Waals surface area contributed by atoms with Gasteiger partial charge in [0.25, 0.3) is 0 Å². The van der Waals surface area contributed by atoms with Gasteiger partial charge in [0.05, 0.1) is 29.4 Å². The molecule has 1 unspecified atom stereocenters. The summed E-state index contributed by atoms with van der Waals surface area (Å²) in [7, 11) is 0. The third-order valence-corrected chi connectivity index (χ3v) is 6.15. The number of hydrogen-bond acceptors (Lipinski definition) is 4. The van der Waals surface area contributed by atoms with Crippen molar-refractivity contribution in [3.63, 3.8) is 0 Å². The molecule has 1 heterocycles. The molecule has 3 atom stereocenters. The summed E-state index contributed by atoms with van der Waals surface area (Å²) < 4.78 is 90.9. The number of nitrogens with one attached hydrogen (secondary N) is 1. The van der Waals surface area contributed by atoms with Crippen molar-refractivity contribution in [1.82, 2.24) is 5.32 Å². The number of rotatable bonds is 8. The normalized spacial score (nSPS) is 24.3. The predicted octanol–water partition coefficient (Wildman–Crippen LogP) is 6.93. The Bertz CT molecular complexity index is 970. The van der Waals surface area contributed by atoms with Crippen LogP contribution in [0.2, 0.25) is 0 Å². The van der Waals surface area contributed by atoms with Gasteiger partial charge in [-0.05, 0) is 62.9 Å². The lowest BCUT2D eigenvalue weighted by Crippen LogP contribution is -2.60. The number of piperidine rings is 1. The minimum Gasteiger partial charge on any atom is -0.458 e. The van der Waals surface area contributed by atoms with Crippen molar-refractivity contribution < 1.29 is 40.6 Å². The van der Waals surface area contributed by atoms with Crippen LogP contribution >= 0.6 is 0 Å². The van der Waals surface area contributed by atoms with E-state index >= 15 is 0 Å². The van der Waals surface area contributed by atoms with Crippen molar-refractivity contribution in [2.75, 3.05) is 13.2 Å². The van der Waals surface area contributed by atoms with E-state index in [4.69, 9.17) is 9.47 Å². The Labute approximate surface area is 207 Å². The molecule has 2 rings (SSSR count). The van der Waals surface area contributed by atoms with Gasteiger partial charge < -0.3 is 14.8 Å². The van der Waals surface area contributed by atoms with Crippen LogP contribution in [0.1, 0.15) is 63.3 Å². The van der Waals surface area contributed by atoms with Gasteiger partial charge in [-0.15, -0.1) is 0 Å². The summed E-state index contributed by atoms with van der Waals surface area (Å²) in [5.74, 6) is -0.437. The molecule has 4 nitrogen and oxygen atoms in total. The number of esters is 1. The van der Waals surface area contributed by atoms with Gasteiger partial charge in [-0.3, -0.25) is 4.79 Å². The number of carbonyl (C=O) groups excluding carboxylic acids is 1. The van der Waals surface area contributed by atoms with Crippen molar-refractivity contribution in [2.45, 2.75) is 70.1 Å². The molecule has 0 radical (unpaired) electrons. The van der Waals surface area contributed by atoms with Crippen molar-refractivity contribution in [3.05, 3.63) is 71.3 Å². The first kappa shape index (κ1) is 29.6. The molecule has 200 valence electrons. The van der Waals surface area contributed by atoms with Crippen LogP contribution in [-0.2, 0) is 26.6 Å². The molecule has 0 aromatic heterocycles. The Morgan fingerprint density at radius 3 is 2.14 bits per heavy atom. The lowest BCUT2D eigenvalue weighted by atomic mass is 9.78. The quantitative estimate of drug-likeness (QED) is 0.230. The Balaban J connectivity index is 2.33. The van der Waals surface area contributed by atoms with Gasteiger partial charge in [-0.25, -0.2) is 0 Å². The minimum atomic E-state index is -4.95. The highest BCUT2D eigenvalue weighted by Gasteiger charge is 2.44. The Morgan fingerprint density at radius 1 is 1.11 bits per heavy atom. The second kappa shape index (κ2) is 11.2. The second-order valence-electron chi connectivity index (χ2n) is 9.18. The number of benzene rings is 1. The van der Waals surface area contributed by atoms with Gasteiger partial charge in [-0.1, -0.05) is 30.9 Å². The summed E-state index contributed by atoms with van der Waals surface area (Å²) in [5.41, 5.74) is -4.09. The van der Waals surface area contributed by atoms with Gasteiger partial charge in [0.2, 0.25) is 0 Å². The van der Waals surface area contributed by atoms with Crippen molar-refractivity contribution in [1.29, 1.82) is 0 Å². The van der Waals surface area contributed by atoms with Crippen LogP contribution in [-0.4, -0.2) is 30.3 Å². The smallest absolute Gasteiger partial charge is 0.416 e. The molecule has 1 saturated heterocycles. The first-order chi connectivity index (χ1) is 16.5. The highest BCUT2D eigenvalue weighted by atomic mass is 19.4. The maximum Gasteiger partial charge on any atom is 0.416 e. The van der Waals surface area contributed by atoms with E-state index in [0.29, 0.717) is 30.5 Å². The number of carbonyl (C=O) groups is 1. The van der Waals surface area contributed by atoms with E-state index in [9.17, 15) is 31.1 Å². The summed E-state index contributed by atoms with van der Waals surface area (Å²) in [4.78, 5) is 11.5. The van der Waals surface area contributed by atoms with Gasteiger partial charge in [0, 0.05) is 13.5 Å². The predicted molar refractivity (Wildman–Crippen MR) is 124 cm³/mol. The summed E-state index contributed by atoms with van der Waals surface area (Å²) in [6.07, 6.45) is -3.03. The summed E-state index contributed by atoms with van der Waals surface area (Å²) in [6.45, 7) is 10.6. The number of halogens is 6. The third-order valence-electron chi connectivity index (χ3n) is 6.15. The first-order valence-corrected chi connectivity index (χ1v) is 11.4. The molecule has 1 fully saturated rings. The SMILES string of the molecule is C=C(/C=C\C=C/C)[C@]1(CO[C@H](C)c2cc(C(F)(F)F)cc(C(F)(F)F)c2)CCC(C)(OC(C)=O)CN1. The highest BCUT2D eigenvalue weighted by Crippen LogP contribution is 2.39. The fraction of sp³-hybridized carbons (Fsp3) is 0.500. The topological polar surface area (TPSA) is 47.6 Å². The minimum absolute atomic E-state index is 0.0824. The van der Waals surface area contributed by atoms with Crippen LogP contribution in [0.5, 0.6) is 0 Å². The van der Waals surface area contributed by atoms with Gasteiger partial charge in [0.15, 0.2) is 0 Å². The summed E-state index contributed by atoms with van der Waals surface area (Å²) in [5, 5.41) is 3.30. The molecule has 10 heteroatoms. The molecule has 0 saturated carbocycles. The number of allylic oxidation sites excluding steroid dienone is 3. The van der Waals surface area contributed by atoms with Crippen LogP contribution in [0, 0.1) is 0 Å². The molecule has 0 aliphatic carbocycles. The van der Waals surface area contributed by atoms with Gasteiger partial charge in [0.1, 0.15) is 5.60 Å². The second-order valence-corrected chi connectivity index (χ2v) is 9.18. The van der Waals surface area contributed by atoms with Crippen LogP contribution in [0.15, 0.2) is 54.7 Å². The molecule has 1 aromatic rings. The third kappa shape index (κ3) is 7.70. The molecule has 1 aromatic carbocycles. The van der Waals surface area contributed by atoms with E-state index in [1.54, 1.807) is 25.2 Å². The fourth-order valence-corrected chi connectivity index (χ4v) is 3.95. The van der Waals surface area contributed by atoms with Crippen molar-refractivity contribution in [2.24, 2.45) is 0 Å². The average Bonchev–Trinajstić information content (AvgIpc) is 2.76. The Hall–Kier alpha value is -2.59. The molecule has 0 spiro atoms. The largest absolute Gasteiger partial charge is 0.458 e. The standard InChI is InChI=1S/C26H31F6NO3/c1-6-7-8-9-17(2)24(11-10-23(5,15-33-24)36-19(4)34)16-35-18(3)20-12-21(25(27,28)29)14-22(13-20)26(30,31)32/h6-9,12-14,18,33H,2,10-11,15-16H2,1,3-5H3/b7-6-,9-8-/t18-,23?,24-/m1/s1.